The summed E-state index contributed by atoms with van der Waals surface area (Å²) in [5.74, 6) is -0.860. The van der Waals surface area contributed by atoms with Gasteiger partial charge in [-0.3, -0.25) is 4.79 Å². The van der Waals surface area contributed by atoms with Crippen molar-refractivity contribution in [2.24, 2.45) is 0 Å². The number of para-hydroxylation sites is 3. The Morgan fingerprint density at radius 2 is 1.67 bits per heavy atom. The third kappa shape index (κ3) is 2.58. The third-order valence-electron chi connectivity index (χ3n) is 4.48. The molecule has 5 rings (SSSR count). The highest BCUT2D eigenvalue weighted by molar-refractivity contribution is 6.11. The summed E-state index contributed by atoms with van der Waals surface area (Å²) >= 11 is 0. The number of benzene rings is 3. The molecule has 2 N–H and O–H groups in total. The number of hydrogen-bond acceptors (Lipinski definition) is 3. The minimum atomic E-state index is -0.476. The van der Waals surface area contributed by atoms with E-state index in [4.69, 9.17) is 0 Å². The van der Waals surface area contributed by atoms with Gasteiger partial charge in [0, 0.05) is 16.5 Å². The molecule has 0 unspecified atom stereocenters. The Labute approximate surface area is 152 Å². The van der Waals surface area contributed by atoms with Gasteiger partial charge in [-0.05, 0) is 42.5 Å². The molecule has 0 saturated heterocycles. The van der Waals surface area contributed by atoms with Gasteiger partial charge in [-0.2, -0.15) is 0 Å². The first-order valence-electron chi connectivity index (χ1n) is 8.43. The van der Waals surface area contributed by atoms with Crippen LogP contribution in [0.5, 0.6) is 0 Å². The predicted molar refractivity (Wildman–Crippen MR) is 103 cm³/mol. The highest BCUT2D eigenvalue weighted by atomic mass is 19.1. The van der Waals surface area contributed by atoms with E-state index in [9.17, 15) is 9.18 Å². The summed E-state index contributed by atoms with van der Waals surface area (Å²) in [6.45, 7) is 0. The van der Waals surface area contributed by atoms with Crippen molar-refractivity contribution >= 4 is 44.7 Å². The summed E-state index contributed by atoms with van der Waals surface area (Å²) in [7, 11) is 0. The second-order valence-corrected chi connectivity index (χ2v) is 6.23. The molecule has 130 valence electrons. The molecule has 5 nitrogen and oxygen atoms in total. The lowest BCUT2D eigenvalue weighted by Gasteiger charge is -2.06. The van der Waals surface area contributed by atoms with Crippen molar-refractivity contribution in [3.05, 3.63) is 78.1 Å². The van der Waals surface area contributed by atoms with Gasteiger partial charge in [0.15, 0.2) is 5.65 Å². The van der Waals surface area contributed by atoms with E-state index < -0.39 is 5.82 Å². The van der Waals surface area contributed by atoms with Gasteiger partial charge in [-0.1, -0.05) is 24.3 Å². The van der Waals surface area contributed by atoms with Gasteiger partial charge in [0.1, 0.15) is 11.3 Å². The maximum atomic E-state index is 13.8. The lowest BCUT2D eigenvalue weighted by atomic mass is 10.1. The number of carbonyl (C=O) groups is 1. The smallest absolute Gasteiger partial charge is 0.255 e. The van der Waals surface area contributed by atoms with Crippen molar-refractivity contribution in [3.8, 4) is 0 Å². The summed E-state index contributed by atoms with van der Waals surface area (Å²) in [4.78, 5) is 25.1. The van der Waals surface area contributed by atoms with Crippen LogP contribution < -0.4 is 5.32 Å². The van der Waals surface area contributed by atoms with Crippen LogP contribution in [0.1, 0.15) is 10.4 Å². The number of aromatic nitrogens is 3. The molecule has 0 radical (unpaired) electrons. The zero-order chi connectivity index (χ0) is 18.4. The summed E-state index contributed by atoms with van der Waals surface area (Å²) < 4.78 is 13.8. The molecular formula is C21H13FN4O. The maximum absolute atomic E-state index is 13.8. The first kappa shape index (κ1) is 15.5. The second-order valence-electron chi connectivity index (χ2n) is 6.23. The van der Waals surface area contributed by atoms with Crippen LogP contribution >= 0.6 is 0 Å². The van der Waals surface area contributed by atoms with Crippen LogP contribution in [0.15, 0.2) is 66.7 Å². The fourth-order valence-electron chi connectivity index (χ4n) is 3.15. The number of rotatable bonds is 2. The molecule has 0 aliphatic heterocycles. The van der Waals surface area contributed by atoms with E-state index in [1.165, 1.54) is 12.1 Å². The van der Waals surface area contributed by atoms with E-state index in [1.807, 2.05) is 24.3 Å². The van der Waals surface area contributed by atoms with E-state index in [0.717, 1.165) is 21.9 Å². The van der Waals surface area contributed by atoms with Crippen LogP contribution in [0.4, 0.5) is 10.1 Å². The molecule has 6 heteroatoms. The molecule has 3 aromatic carbocycles. The topological polar surface area (TPSA) is 70.7 Å². The lowest BCUT2D eigenvalue weighted by molar-refractivity contribution is 0.102. The SMILES string of the molecule is O=C(Nc1ccccc1F)c1ccc2[nH]c3nc4ccccc4nc3c2c1. The van der Waals surface area contributed by atoms with Gasteiger partial charge in [-0.15, -0.1) is 0 Å². The number of nitrogens with one attached hydrogen (secondary N) is 2. The average Bonchev–Trinajstić information content (AvgIpc) is 3.04. The minimum absolute atomic E-state index is 0.146. The fraction of sp³-hybridized carbons (Fsp3) is 0. The standard InChI is InChI=1S/C21H13FN4O/c22-14-5-1-2-6-16(14)26-21(27)12-9-10-15-13(11-12)19-20(24-15)25-18-8-4-3-7-17(18)23-19/h1-11H,(H,24,25)(H,26,27). The van der Waals surface area contributed by atoms with Crippen LogP contribution in [-0.4, -0.2) is 20.9 Å². The van der Waals surface area contributed by atoms with E-state index in [0.29, 0.717) is 16.7 Å². The van der Waals surface area contributed by atoms with Crippen molar-refractivity contribution in [2.45, 2.75) is 0 Å². The number of halogens is 1. The van der Waals surface area contributed by atoms with Gasteiger partial charge in [-0.25, -0.2) is 14.4 Å². The van der Waals surface area contributed by atoms with Crippen molar-refractivity contribution in [1.29, 1.82) is 0 Å². The molecule has 5 aromatic rings. The van der Waals surface area contributed by atoms with E-state index in [1.54, 1.807) is 30.3 Å². The maximum Gasteiger partial charge on any atom is 0.255 e. The Kier molecular flexibility index (Phi) is 3.36. The predicted octanol–water partition coefficient (Wildman–Crippen LogP) is 4.66. The zero-order valence-electron chi connectivity index (χ0n) is 14.0. The minimum Gasteiger partial charge on any atom is -0.338 e. The van der Waals surface area contributed by atoms with Crippen molar-refractivity contribution < 1.29 is 9.18 Å². The first-order chi connectivity index (χ1) is 13.2. The molecule has 0 fully saturated rings. The molecular weight excluding hydrogens is 343 g/mol. The normalized spacial score (nSPS) is 11.3. The summed E-state index contributed by atoms with van der Waals surface area (Å²) in [5, 5.41) is 3.40. The molecule has 27 heavy (non-hydrogen) atoms. The molecule has 2 heterocycles. The second kappa shape index (κ2) is 5.88. The van der Waals surface area contributed by atoms with Crippen molar-refractivity contribution in [1.82, 2.24) is 15.0 Å². The van der Waals surface area contributed by atoms with Crippen LogP contribution in [-0.2, 0) is 0 Å². The summed E-state index contributed by atoms with van der Waals surface area (Å²) in [6.07, 6.45) is 0. The van der Waals surface area contributed by atoms with Crippen LogP contribution in [0.3, 0.4) is 0 Å². The van der Waals surface area contributed by atoms with Gasteiger partial charge in [0.2, 0.25) is 0 Å². The van der Waals surface area contributed by atoms with Gasteiger partial charge in [0.25, 0.3) is 5.91 Å². The molecule has 0 atom stereocenters. The van der Waals surface area contributed by atoms with E-state index >= 15 is 0 Å². The largest absolute Gasteiger partial charge is 0.338 e. The first-order valence-corrected chi connectivity index (χ1v) is 8.43. The molecule has 0 saturated carbocycles. The lowest BCUT2D eigenvalue weighted by Crippen LogP contribution is -2.12. The highest BCUT2D eigenvalue weighted by Crippen LogP contribution is 2.26. The Balaban J connectivity index is 1.61. The number of H-pyrrole nitrogens is 1. The van der Waals surface area contributed by atoms with Crippen molar-refractivity contribution in [3.63, 3.8) is 0 Å². The van der Waals surface area contributed by atoms with E-state index in [-0.39, 0.29) is 11.6 Å². The van der Waals surface area contributed by atoms with Crippen molar-refractivity contribution in [2.75, 3.05) is 5.32 Å². The molecule has 0 aliphatic rings. The van der Waals surface area contributed by atoms with Gasteiger partial charge >= 0.3 is 0 Å². The third-order valence-corrected chi connectivity index (χ3v) is 4.48. The fourth-order valence-corrected chi connectivity index (χ4v) is 3.15. The Hall–Kier alpha value is -3.80. The number of hydrogen-bond donors (Lipinski definition) is 2. The Morgan fingerprint density at radius 3 is 2.48 bits per heavy atom. The zero-order valence-corrected chi connectivity index (χ0v) is 14.0. The monoisotopic (exact) mass is 356 g/mol. The number of nitrogens with zero attached hydrogens (tertiary/aromatic N) is 2. The molecule has 0 aliphatic carbocycles. The molecule has 2 aromatic heterocycles. The summed E-state index contributed by atoms with van der Waals surface area (Å²) in [6, 6.07) is 18.9. The summed E-state index contributed by atoms with van der Waals surface area (Å²) in [5.41, 5.74) is 4.34. The Bertz CT molecular complexity index is 1340. The van der Waals surface area contributed by atoms with E-state index in [2.05, 4.69) is 20.3 Å². The molecule has 0 spiro atoms. The molecule has 0 bridgehead atoms. The number of amides is 1. The molecule has 1 amide bonds. The average molecular weight is 356 g/mol. The Morgan fingerprint density at radius 1 is 0.926 bits per heavy atom. The van der Waals surface area contributed by atoms with Gasteiger partial charge in [0.05, 0.1) is 16.7 Å². The van der Waals surface area contributed by atoms with Crippen LogP contribution in [0.2, 0.25) is 0 Å². The van der Waals surface area contributed by atoms with Crippen LogP contribution in [0.25, 0.3) is 33.1 Å². The quantitative estimate of drug-likeness (QED) is 0.483. The number of fused-ring (bicyclic) bond motifs is 4. The number of anilines is 1. The number of carbonyl (C=O) groups excluding carboxylic acids is 1. The van der Waals surface area contributed by atoms with Gasteiger partial charge < -0.3 is 10.3 Å². The van der Waals surface area contributed by atoms with Crippen LogP contribution in [0, 0.1) is 5.82 Å². The highest BCUT2D eigenvalue weighted by Gasteiger charge is 2.13. The number of aromatic amines is 1.